The molecule has 0 heterocycles. The van der Waals surface area contributed by atoms with E-state index in [0.29, 0.717) is 0 Å². The molecule has 0 aromatic heterocycles. The number of benzene rings is 6. The molecule has 0 aliphatic heterocycles. The Hall–Kier alpha value is -3.64. The maximum atomic E-state index is 2.48. The zero-order chi connectivity index (χ0) is 23.0. The first kappa shape index (κ1) is 18.7. The lowest BCUT2D eigenvalue weighted by molar-refractivity contribution is 0.640. The van der Waals surface area contributed by atoms with Crippen LogP contribution in [0.4, 0.5) is 0 Å². The molecule has 0 amide bonds. The zero-order valence-electron chi connectivity index (χ0n) is 20.1. The molecule has 2 aliphatic carbocycles. The molecule has 0 bridgehead atoms. The normalized spacial score (nSPS) is 16.7. The van der Waals surface area contributed by atoms with Crippen molar-refractivity contribution < 1.29 is 0 Å². The topological polar surface area (TPSA) is 0 Å². The smallest absolute Gasteiger partial charge is 0.0165 e. The monoisotopic (exact) mass is 434 g/mol. The predicted octanol–water partition coefficient (Wildman–Crippen LogP) is 9.24. The summed E-state index contributed by atoms with van der Waals surface area (Å²) in [6.07, 6.45) is 0. The molecule has 0 nitrogen and oxygen atoms in total. The highest BCUT2D eigenvalue weighted by Crippen LogP contribution is 2.62. The lowest BCUT2D eigenvalue weighted by atomic mass is 9.67. The maximum Gasteiger partial charge on any atom is 0.0165 e. The van der Waals surface area contributed by atoms with Crippen molar-refractivity contribution in [3.05, 3.63) is 107 Å². The third-order valence-corrected chi connectivity index (χ3v) is 8.96. The van der Waals surface area contributed by atoms with E-state index >= 15 is 0 Å². The van der Waals surface area contributed by atoms with Crippen LogP contribution in [0.5, 0.6) is 0 Å². The maximum absolute atomic E-state index is 2.48. The van der Waals surface area contributed by atoms with Crippen molar-refractivity contribution in [3.8, 4) is 11.1 Å². The quantitative estimate of drug-likeness (QED) is 0.209. The molecule has 6 aromatic rings. The van der Waals surface area contributed by atoms with Crippen LogP contribution in [-0.4, -0.2) is 0 Å². The van der Waals surface area contributed by atoms with Gasteiger partial charge in [-0.1, -0.05) is 107 Å². The molecule has 0 atom stereocenters. The first-order valence-electron chi connectivity index (χ1n) is 12.4. The van der Waals surface area contributed by atoms with Gasteiger partial charge >= 0.3 is 0 Å². The molecule has 6 aromatic carbocycles. The summed E-state index contributed by atoms with van der Waals surface area (Å²) in [7, 11) is 0. The van der Waals surface area contributed by atoms with Crippen LogP contribution in [0.1, 0.15) is 49.9 Å². The highest BCUT2D eigenvalue weighted by atomic mass is 14.5. The van der Waals surface area contributed by atoms with Crippen molar-refractivity contribution in [2.75, 3.05) is 0 Å². The Bertz CT molecular complexity index is 1890. The SMILES string of the molecule is CC1(C)c2cccc3c2-c2c1c1ccc4ccccc4c1c1c2c(cc2ccccc21)C3(C)C. The largest absolute Gasteiger partial charge is 0.0616 e. The molecular formula is C34H26. The highest BCUT2D eigenvalue weighted by molar-refractivity contribution is 6.33. The van der Waals surface area contributed by atoms with Crippen LogP contribution in [0.15, 0.2) is 84.9 Å². The predicted molar refractivity (Wildman–Crippen MR) is 146 cm³/mol. The molecule has 2 aliphatic rings. The minimum Gasteiger partial charge on any atom is -0.0616 e. The Morgan fingerprint density at radius 2 is 1.09 bits per heavy atom. The Morgan fingerprint density at radius 1 is 0.441 bits per heavy atom. The van der Waals surface area contributed by atoms with Gasteiger partial charge in [0.25, 0.3) is 0 Å². The van der Waals surface area contributed by atoms with Gasteiger partial charge in [-0.2, -0.15) is 0 Å². The van der Waals surface area contributed by atoms with Crippen molar-refractivity contribution >= 4 is 43.1 Å². The second kappa shape index (κ2) is 5.70. The minimum absolute atomic E-state index is 0.0427. The second-order valence-corrected chi connectivity index (χ2v) is 11.3. The van der Waals surface area contributed by atoms with Gasteiger partial charge in [-0.05, 0) is 82.5 Å². The third-order valence-electron chi connectivity index (χ3n) is 8.96. The van der Waals surface area contributed by atoms with Gasteiger partial charge in [-0.3, -0.25) is 0 Å². The van der Waals surface area contributed by atoms with E-state index in [9.17, 15) is 0 Å². The second-order valence-electron chi connectivity index (χ2n) is 11.3. The standard InChI is InChI=1S/C34H26/c1-33(2)24-14-9-15-25-29(24)31-30-26(33)18-20-11-6-8-13-22(20)28(30)27-21-12-7-5-10-19(21)16-17-23(27)32(31)34(25,3)4/h5-18H,1-4H3. The molecule has 0 spiro atoms. The number of hydrogen-bond donors (Lipinski definition) is 0. The summed E-state index contributed by atoms with van der Waals surface area (Å²) >= 11 is 0. The summed E-state index contributed by atoms with van der Waals surface area (Å²) in [5.74, 6) is 0. The van der Waals surface area contributed by atoms with Crippen molar-refractivity contribution in [3.63, 3.8) is 0 Å². The van der Waals surface area contributed by atoms with E-state index in [1.54, 1.807) is 0 Å². The van der Waals surface area contributed by atoms with Gasteiger partial charge in [0, 0.05) is 10.8 Å². The Morgan fingerprint density at radius 3 is 1.85 bits per heavy atom. The molecule has 0 radical (unpaired) electrons. The van der Waals surface area contributed by atoms with E-state index in [4.69, 9.17) is 0 Å². The van der Waals surface area contributed by atoms with E-state index < -0.39 is 0 Å². The zero-order valence-corrected chi connectivity index (χ0v) is 20.1. The van der Waals surface area contributed by atoms with Gasteiger partial charge in [-0.25, -0.2) is 0 Å². The van der Waals surface area contributed by atoms with Crippen LogP contribution in [0.25, 0.3) is 54.2 Å². The van der Waals surface area contributed by atoms with E-state index in [1.807, 2.05) is 0 Å². The Labute approximate surface area is 199 Å². The first-order valence-corrected chi connectivity index (χ1v) is 12.4. The van der Waals surface area contributed by atoms with Gasteiger partial charge in [0.2, 0.25) is 0 Å². The van der Waals surface area contributed by atoms with Crippen LogP contribution in [0.3, 0.4) is 0 Å². The van der Waals surface area contributed by atoms with Crippen molar-refractivity contribution in [2.45, 2.75) is 38.5 Å². The molecule has 0 heteroatoms. The molecule has 0 saturated heterocycles. The van der Waals surface area contributed by atoms with Crippen LogP contribution >= 0.6 is 0 Å². The van der Waals surface area contributed by atoms with E-state index in [1.165, 1.54) is 76.5 Å². The van der Waals surface area contributed by atoms with Crippen LogP contribution in [-0.2, 0) is 10.8 Å². The fourth-order valence-corrected chi connectivity index (χ4v) is 7.41. The van der Waals surface area contributed by atoms with Gasteiger partial charge in [-0.15, -0.1) is 0 Å². The highest BCUT2D eigenvalue weighted by Gasteiger charge is 2.46. The van der Waals surface area contributed by atoms with Gasteiger partial charge in [0.05, 0.1) is 0 Å². The third kappa shape index (κ3) is 1.91. The average Bonchev–Trinajstić information content (AvgIpc) is 3.09. The summed E-state index contributed by atoms with van der Waals surface area (Å²) in [4.78, 5) is 0. The molecule has 34 heavy (non-hydrogen) atoms. The van der Waals surface area contributed by atoms with E-state index in [-0.39, 0.29) is 10.8 Å². The summed E-state index contributed by atoms with van der Waals surface area (Å²) in [6, 6.07) is 32.2. The van der Waals surface area contributed by atoms with Crippen molar-refractivity contribution in [1.29, 1.82) is 0 Å². The molecular weight excluding hydrogens is 408 g/mol. The molecule has 0 N–H and O–H groups in total. The van der Waals surface area contributed by atoms with Crippen LogP contribution in [0.2, 0.25) is 0 Å². The van der Waals surface area contributed by atoms with Crippen LogP contribution in [0, 0.1) is 0 Å². The lowest BCUT2D eigenvalue weighted by Crippen LogP contribution is -2.23. The Kier molecular flexibility index (Phi) is 3.14. The van der Waals surface area contributed by atoms with E-state index in [0.717, 1.165) is 0 Å². The summed E-state index contributed by atoms with van der Waals surface area (Å²) in [6.45, 7) is 9.71. The molecule has 0 saturated carbocycles. The van der Waals surface area contributed by atoms with Gasteiger partial charge in [0.1, 0.15) is 0 Å². The average molecular weight is 435 g/mol. The Balaban J connectivity index is 1.83. The minimum atomic E-state index is -0.0590. The van der Waals surface area contributed by atoms with Crippen LogP contribution < -0.4 is 0 Å². The van der Waals surface area contributed by atoms with E-state index in [2.05, 4.69) is 113 Å². The fourth-order valence-electron chi connectivity index (χ4n) is 7.41. The molecule has 0 unspecified atom stereocenters. The summed E-state index contributed by atoms with van der Waals surface area (Å²) < 4.78 is 0. The van der Waals surface area contributed by atoms with Crippen molar-refractivity contribution in [1.82, 2.24) is 0 Å². The van der Waals surface area contributed by atoms with Crippen molar-refractivity contribution in [2.24, 2.45) is 0 Å². The number of rotatable bonds is 0. The number of hydrogen-bond acceptors (Lipinski definition) is 0. The molecule has 162 valence electrons. The number of fused-ring (bicyclic) bond motifs is 7. The fraction of sp³-hybridized carbons (Fsp3) is 0.176. The molecule has 8 rings (SSSR count). The van der Waals surface area contributed by atoms with Gasteiger partial charge in [0.15, 0.2) is 0 Å². The van der Waals surface area contributed by atoms with Gasteiger partial charge < -0.3 is 0 Å². The summed E-state index contributed by atoms with van der Waals surface area (Å²) in [5, 5.41) is 11.1. The lowest BCUT2D eigenvalue weighted by Gasteiger charge is -2.36. The first-order chi connectivity index (χ1) is 16.4. The molecule has 0 fully saturated rings. The summed E-state index contributed by atoms with van der Waals surface area (Å²) in [5.41, 5.74) is 8.82.